The molecule has 2 aromatic rings. The molecule has 0 fully saturated rings. The molecule has 2 rings (SSSR count). The molecule has 0 unspecified atom stereocenters. The monoisotopic (exact) mass is 382 g/mol. The third-order valence-electron chi connectivity index (χ3n) is 3.24. The topological polar surface area (TPSA) is 66.5 Å². The molecule has 5 nitrogen and oxygen atoms in total. The Kier molecular flexibility index (Phi) is 6.44. The second-order valence-corrected chi connectivity index (χ2v) is 8.44. The van der Waals surface area contributed by atoms with Gasteiger partial charge in [0.25, 0.3) is 0 Å². The summed E-state index contributed by atoms with van der Waals surface area (Å²) in [6, 6.07) is 12.4. The number of carbonyl (C=O) groups is 1. The van der Waals surface area contributed by atoms with Crippen LogP contribution in [0.5, 0.6) is 0 Å². The minimum atomic E-state index is -3.74. The summed E-state index contributed by atoms with van der Waals surface area (Å²) in [6.45, 7) is 1.56. The SMILES string of the molecule is CCSc1ccccc1NC(=O)CN(c1cccc(F)c1)S(C)(=O)=O. The number of anilines is 2. The molecule has 8 heteroatoms. The number of carbonyl (C=O) groups excluding carboxylic acids is 1. The van der Waals surface area contributed by atoms with Crippen molar-refractivity contribution in [3.63, 3.8) is 0 Å². The van der Waals surface area contributed by atoms with Gasteiger partial charge in [-0.2, -0.15) is 0 Å². The highest BCUT2D eigenvalue weighted by Crippen LogP contribution is 2.27. The van der Waals surface area contributed by atoms with Gasteiger partial charge in [-0.3, -0.25) is 9.10 Å². The summed E-state index contributed by atoms with van der Waals surface area (Å²) in [6.07, 6.45) is 0.978. The van der Waals surface area contributed by atoms with Gasteiger partial charge < -0.3 is 5.32 Å². The standard InChI is InChI=1S/C17H19FN2O3S2/c1-3-24-16-10-5-4-9-15(16)19-17(21)12-20(25(2,22)23)14-8-6-7-13(18)11-14/h4-11H,3,12H2,1-2H3,(H,19,21). The molecule has 0 saturated heterocycles. The lowest BCUT2D eigenvalue weighted by atomic mass is 10.3. The van der Waals surface area contributed by atoms with E-state index in [0.29, 0.717) is 5.69 Å². The average Bonchev–Trinajstić information content (AvgIpc) is 2.53. The average molecular weight is 382 g/mol. The Labute approximate surface area is 151 Å². The van der Waals surface area contributed by atoms with E-state index < -0.39 is 28.3 Å². The van der Waals surface area contributed by atoms with Gasteiger partial charge >= 0.3 is 0 Å². The van der Waals surface area contributed by atoms with Gasteiger partial charge in [0, 0.05) is 4.90 Å². The first-order valence-electron chi connectivity index (χ1n) is 7.56. The van der Waals surface area contributed by atoms with Crippen molar-refractivity contribution < 1.29 is 17.6 Å². The smallest absolute Gasteiger partial charge is 0.245 e. The second-order valence-electron chi connectivity index (χ2n) is 5.23. The number of thioether (sulfide) groups is 1. The summed E-state index contributed by atoms with van der Waals surface area (Å²) in [7, 11) is -3.74. The highest BCUT2D eigenvalue weighted by Gasteiger charge is 2.21. The molecule has 0 saturated carbocycles. The number of hydrogen-bond acceptors (Lipinski definition) is 4. The van der Waals surface area contributed by atoms with E-state index in [1.54, 1.807) is 23.9 Å². The Morgan fingerprint density at radius 3 is 2.56 bits per heavy atom. The fourth-order valence-corrected chi connectivity index (χ4v) is 3.81. The molecule has 0 heterocycles. The van der Waals surface area contributed by atoms with Crippen LogP contribution in [-0.2, 0) is 14.8 Å². The zero-order valence-corrected chi connectivity index (χ0v) is 15.5. The van der Waals surface area contributed by atoms with Gasteiger partial charge in [0.15, 0.2) is 0 Å². The Hall–Kier alpha value is -2.06. The zero-order valence-electron chi connectivity index (χ0n) is 13.9. The van der Waals surface area contributed by atoms with Crippen LogP contribution < -0.4 is 9.62 Å². The molecule has 134 valence electrons. The molecule has 2 aromatic carbocycles. The van der Waals surface area contributed by atoms with Gasteiger partial charge in [0.05, 0.1) is 17.6 Å². The lowest BCUT2D eigenvalue weighted by Crippen LogP contribution is -2.37. The fourth-order valence-electron chi connectivity index (χ4n) is 2.20. The summed E-state index contributed by atoms with van der Waals surface area (Å²) in [5.74, 6) is -0.235. The summed E-state index contributed by atoms with van der Waals surface area (Å²) in [5, 5.41) is 2.72. The number of nitrogens with one attached hydrogen (secondary N) is 1. The maximum Gasteiger partial charge on any atom is 0.245 e. The number of hydrogen-bond donors (Lipinski definition) is 1. The molecule has 1 amide bonds. The van der Waals surface area contributed by atoms with E-state index in [4.69, 9.17) is 0 Å². The van der Waals surface area contributed by atoms with Crippen molar-refractivity contribution in [1.82, 2.24) is 0 Å². The first-order chi connectivity index (χ1) is 11.8. The van der Waals surface area contributed by atoms with Crippen LogP contribution in [0.15, 0.2) is 53.4 Å². The van der Waals surface area contributed by atoms with Gasteiger partial charge in [0.1, 0.15) is 12.4 Å². The largest absolute Gasteiger partial charge is 0.323 e. The Morgan fingerprint density at radius 1 is 1.20 bits per heavy atom. The predicted octanol–water partition coefficient (Wildman–Crippen LogP) is 3.34. The lowest BCUT2D eigenvalue weighted by Gasteiger charge is -2.22. The molecular formula is C17H19FN2O3S2. The number of rotatable bonds is 7. The number of halogens is 1. The van der Waals surface area contributed by atoms with E-state index in [9.17, 15) is 17.6 Å². The molecule has 0 atom stereocenters. The van der Waals surface area contributed by atoms with Crippen molar-refractivity contribution in [3.05, 3.63) is 54.3 Å². The molecule has 0 aliphatic carbocycles. The maximum atomic E-state index is 13.4. The van der Waals surface area contributed by atoms with Crippen molar-refractivity contribution in [1.29, 1.82) is 0 Å². The summed E-state index contributed by atoms with van der Waals surface area (Å²) in [5.41, 5.74) is 0.723. The molecule has 25 heavy (non-hydrogen) atoms. The van der Waals surface area contributed by atoms with Crippen molar-refractivity contribution >= 4 is 39.1 Å². The van der Waals surface area contributed by atoms with Crippen molar-refractivity contribution in [3.8, 4) is 0 Å². The van der Waals surface area contributed by atoms with Crippen LogP contribution in [0.25, 0.3) is 0 Å². The van der Waals surface area contributed by atoms with Crippen LogP contribution in [0.4, 0.5) is 15.8 Å². The van der Waals surface area contributed by atoms with Crippen molar-refractivity contribution in [2.24, 2.45) is 0 Å². The number of amides is 1. The minimum absolute atomic E-state index is 0.105. The fraction of sp³-hybridized carbons (Fsp3) is 0.235. The Morgan fingerprint density at radius 2 is 1.92 bits per heavy atom. The quantitative estimate of drug-likeness (QED) is 0.746. The number of sulfonamides is 1. The lowest BCUT2D eigenvalue weighted by molar-refractivity contribution is -0.114. The molecule has 0 spiro atoms. The number of benzene rings is 2. The van der Waals surface area contributed by atoms with E-state index in [0.717, 1.165) is 27.3 Å². The van der Waals surface area contributed by atoms with Gasteiger partial charge in [-0.15, -0.1) is 11.8 Å². The molecule has 0 radical (unpaired) electrons. The first-order valence-corrected chi connectivity index (χ1v) is 10.4. The third-order valence-corrected chi connectivity index (χ3v) is 5.34. The number of nitrogens with zero attached hydrogens (tertiary/aromatic N) is 1. The van der Waals surface area contributed by atoms with Gasteiger partial charge in [-0.1, -0.05) is 25.1 Å². The highest BCUT2D eigenvalue weighted by molar-refractivity contribution is 7.99. The number of para-hydroxylation sites is 1. The molecule has 0 aliphatic rings. The highest BCUT2D eigenvalue weighted by atomic mass is 32.2. The minimum Gasteiger partial charge on any atom is -0.323 e. The van der Waals surface area contributed by atoms with E-state index in [2.05, 4.69) is 5.32 Å². The Bertz CT molecular complexity index is 856. The van der Waals surface area contributed by atoms with E-state index in [1.165, 1.54) is 18.2 Å². The van der Waals surface area contributed by atoms with E-state index >= 15 is 0 Å². The van der Waals surface area contributed by atoms with Gasteiger partial charge in [0.2, 0.25) is 15.9 Å². The van der Waals surface area contributed by atoms with Crippen LogP contribution in [0.1, 0.15) is 6.92 Å². The predicted molar refractivity (Wildman–Crippen MR) is 100 cm³/mol. The Balaban J connectivity index is 2.21. The van der Waals surface area contributed by atoms with Crippen LogP contribution in [-0.4, -0.2) is 32.9 Å². The second kappa shape index (κ2) is 8.35. The normalized spacial score (nSPS) is 11.2. The van der Waals surface area contributed by atoms with Crippen molar-refractivity contribution in [2.75, 3.05) is 28.2 Å². The van der Waals surface area contributed by atoms with Crippen molar-refractivity contribution in [2.45, 2.75) is 11.8 Å². The molecule has 0 bridgehead atoms. The first kappa shape index (κ1) is 19.3. The summed E-state index contributed by atoms with van der Waals surface area (Å²) < 4.78 is 38.3. The van der Waals surface area contributed by atoms with Crippen LogP contribution >= 0.6 is 11.8 Å². The third kappa shape index (κ3) is 5.47. The molecular weight excluding hydrogens is 363 g/mol. The molecule has 0 aromatic heterocycles. The maximum absolute atomic E-state index is 13.4. The zero-order chi connectivity index (χ0) is 18.4. The van der Waals surface area contributed by atoms with Crippen LogP contribution in [0.2, 0.25) is 0 Å². The van der Waals surface area contributed by atoms with E-state index in [1.807, 2.05) is 19.1 Å². The van der Waals surface area contributed by atoms with Crippen LogP contribution in [0.3, 0.4) is 0 Å². The van der Waals surface area contributed by atoms with Gasteiger partial charge in [-0.25, -0.2) is 12.8 Å². The van der Waals surface area contributed by atoms with Crippen LogP contribution in [0, 0.1) is 5.82 Å². The summed E-state index contributed by atoms with van der Waals surface area (Å²) in [4.78, 5) is 13.3. The van der Waals surface area contributed by atoms with E-state index in [-0.39, 0.29) is 5.69 Å². The van der Waals surface area contributed by atoms with Gasteiger partial charge in [-0.05, 0) is 36.1 Å². The molecule has 1 N–H and O–H groups in total. The summed E-state index contributed by atoms with van der Waals surface area (Å²) >= 11 is 1.57. The molecule has 0 aliphatic heterocycles.